The van der Waals surface area contributed by atoms with Crippen molar-refractivity contribution in [2.75, 3.05) is 23.4 Å². The largest absolute Gasteiger partial charge is 0.480 e. The molecule has 3 rings (SSSR count). The van der Waals surface area contributed by atoms with E-state index in [1.54, 1.807) is 18.3 Å². The number of nitrogens with one attached hydrogen (secondary N) is 1. The van der Waals surface area contributed by atoms with Crippen molar-refractivity contribution in [1.82, 2.24) is 4.98 Å². The molecule has 1 aromatic carbocycles. The number of nitrogens with zero attached hydrogens (tertiary/aromatic N) is 2. The van der Waals surface area contributed by atoms with E-state index in [0.29, 0.717) is 17.3 Å². The molecule has 0 aliphatic carbocycles. The molecule has 2 heterocycles. The van der Waals surface area contributed by atoms with E-state index in [-0.39, 0.29) is 25.0 Å². The van der Waals surface area contributed by atoms with Gasteiger partial charge in [0.2, 0.25) is 5.91 Å². The Morgan fingerprint density at radius 1 is 1.30 bits per heavy atom. The summed E-state index contributed by atoms with van der Waals surface area (Å²) in [6.07, 6.45) is 2.51. The monoisotopic (exact) mass is 311 g/mol. The van der Waals surface area contributed by atoms with Crippen LogP contribution in [-0.2, 0) is 16.0 Å². The van der Waals surface area contributed by atoms with E-state index in [2.05, 4.69) is 17.2 Å². The van der Waals surface area contributed by atoms with Gasteiger partial charge in [-0.05, 0) is 36.2 Å². The molecule has 23 heavy (non-hydrogen) atoms. The van der Waals surface area contributed by atoms with Crippen molar-refractivity contribution in [1.29, 1.82) is 0 Å². The molecule has 2 amide bonds. The Kier molecular flexibility index (Phi) is 4.23. The lowest BCUT2D eigenvalue weighted by Gasteiger charge is -2.27. The lowest BCUT2D eigenvalue weighted by molar-refractivity contribution is -0.123. The number of hydrogen-bond donors (Lipinski definition) is 1. The van der Waals surface area contributed by atoms with Crippen LogP contribution in [0.15, 0.2) is 42.6 Å². The molecule has 0 saturated carbocycles. The number of ether oxygens (including phenoxy) is 1. The van der Waals surface area contributed by atoms with Gasteiger partial charge in [-0.1, -0.05) is 19.1 Å². The molecule has 1 aromatic heterocycles. The van der Waals surface area contributed by atoms with Gasteiger partial charge in [0.1, 0.15) is 6.54 Å². The number of anilines is 2. The Morgan fingerprint density at radius 2 is 2.09 bits per heavy atom. The van der Waals surface area contributed by atoms with E-state index in [4.69, 9.17) is 4.74 Å². The molecule has 1 N–H and O–H groups in total. The molecule has 0 saturated heterocycles. The number of hydrogen-bond acceptors (Lipinski definition) is 4. The Labute approximate surface area is 134 Å². The average molecular weight is 311 g/mol. The summed E-state index contributed by atoms with van der Waals surface area (Å²) in [5.74, 6) is 0.321. The molecule has 6 nitrogen and oxygen atoms in total. The number of carbonyl (C=O) groups excluding carboxylic acids is 2. The molecule has 0 unspecified atom stereocenters. The summed E-state index contributed by atoms with van der Waals surface area (Å²) in [6, 6.07) is 11.1. The van der Waals surface area contributed by atoms with Crippen molar-refractivity contribution in [3.8, 4) is 5.75 Å². The van der Waals surface area contributed by atoms with Crippen molar-refractivity contribution < 1.29 is 14.3 Å². The maximum absolute atomic E-state index is 12.2. The second kappa shape index (κ2) is 6.48. The van der Waals surface area contributed by atoms with Gasteiger partial charge in [-0.3, -0.25) is 14.5 Å². The maximum atomic E-state index is 12.2. The maximum Gasteiger partial charge on any atom is 0.266 e. The fraction of sp³-hybridized carbons (Fsp3) is 0.235. The molecule has 1 aliphatic heterocycles. The number of pyridine rings is 1. The standard InChI is InChI=1S/C17H17N3O3/c1-2-12-5-7-13(8-6-12)19-15(21)10-20-16(22)11-23-14-4-3-9-18-17(14)20/h3-9H,2,10-11H2,1H3,(H,19,21). The molecule has 1 aliphatic rings. The molecule has 0 spiro atoms. The van der Waals surface area contributed by atoms with Gasteiger partial charge in [-0.25, -0.2) is 4.98 Å². The second-order valence-corrected chi connectivity index (χ2v) is 5.19. The normalized spacial score (nSPS) is 13.3. The van der Waals surface area contributed by atoms with Crippen LogP contribution >= 0.6 is 0 Å². The number of amides is 2. The topological polar surface area (TPSA) is 71.5 Å². The van der Waals surface area contributed by atoms with Crippen LogP contribution in [0.5, 0.6) is 5.75 Å². The minimum Gasteiger partial charge on any atom is -0.480 e. The summed E-state index contributed by atoms with van der Waals surface area (Å²) in [5.41, 5.74) is 1.90. The van der Waals surface area contributed by atoms with Gasteiger partial charge in [0.25, 0.3) is 5.91 Å². The van der Waals surface area contributed by atoms with Crippen LogP contribution in [-0.4, -0.2) is 29.9 Å². The SMILES string of the molecule is CCc1ccc(NC(=O)CN2C(=O)COc3cccnc32)cc1. The summed E-state index contributed by atoms with van der Waals surface area (Å²) in [5, 5.41) is 2.79. The van der Waals surface area contributed by atoms with Gasteiger partial charge in [-0.2, -0.15) is 0 Å². The average Bonchev–Trinajstić information content (AvgIpc) is 2.58. The molecular weight excluding hydrogens is 294 g/mol. The van der Waals surface area contributed by atoms with E-state index >= 15 is 0 Å². The number of fused-ring (bicyclic) bond motifs is 1. The van der Waals surface area contributed by atoms with Crippen molar-refractivity contribution in [2.45, 2.75) is 13.3 Å². The van der Waals surface area contributed by atoms with Crippen LogP contribution in [0.3, 0.4) is 0 Å². The summed E-state index contributed by atoms with van der Waals surface area (Å²) in [7, 11) is 0. The number of rotatable bonds is 4. The van der Waals surface area contributed by atoms with Crippen LogP contribution in [0, 0.1) is 0 Å². The highest BCUT2D eigenvalue weighted by Crippen LogP contribution is 2.28. The molecule has 0 radical (unpaired) electrons. The summed E-state index contributed by atoms with van der Waals surface area (Å²) >= 11 is 0. The molecule has 0 atom stereocenters. The molecule has 2 aromatic rings. The van der Waals surface area contributed by atoms with Gasteiger partial charge in [-0.15, -0.1) is 0 Å². The van der Waals surface area contributed by atoms with Gasteiger partial charge in [0.15, 0.2) is 18.2 Å². The third-order valence-electron chi connectivity index (χ3n) is 3.61. The first-order valence-corrected chi connectivity index (χ1v) is 7.44. The van der Waals surface area contributed by atoms with Crippen molar-refractivity contribution >= 4 is 23.3 Å². The Hall–Kier alpha value is -2.89. The van der Waals surface area contributed by atoms with Gasteiger partial charge < -0.3 is 10.1 Å². The second-order valence-electron chi connectivity index (χ2n) is 5.19. The predicted molar refractivity (Wildman–Crippen MR) is 86.5 cm³/mol. The smallest absolute Gasteiger partial charge is 0.266 e. The van der Waals surface area contributed by atoms with Crippen molar-refractivity contribution in [3.05, 3.63) is 48.2 Å². The highest BCUT2D eigenvalue weighted by atomic mass is 16.5. The van der Waals surface area contributed by atoms with Gasteiger partial charge >= 0.3 is 0 Å². The van der Waals surface area contributed by atoms with E-state index in [1.165, 1.54) is 10.5 Å². The fourth-order valence-corrected chi connectivity index (χ4v) is 2.36. The van der Waals surface area contributed by atoms with E-state index < -0.39 is 0 Å². The Bertz CT molecular complexity index is 728. The Balaban J connectivity index is 1.71. The highest BCUT2D eigenvalue weighted by molar-refractivity contribution is 6.04. The fourth-order valence-electron chi connectivity index (χ4n) is 2.36. The summed E-state index contributed by atoms with van der Waals surface area (Å²) in [6.45, 7) is 1.89. The highest BCUT2D eigenvalue weighted by Gasteiger charge is 2.28. The number of benzene rings is 1. The van der Waals surface area contributed by atoms with Crippen molar-refractivity contribution in [3.63, 3.8) is 0 Å². The number of aryl methyl sites for hydroxylation is 1. The zero-order valence-electron chi connectivity index (χ0n) is 12.8. The van der Waals surface area contributed by atoms with Crippen molar-refractivity contribution in [2.24, 2.45) is 0 Å². The first kappa shape index (κ1) is 15.0. The third kappa shape index (κ3) is 3.31. The van der Waals surface area contributed by atoms with E-state index in [9.17, 15) is 9.59 Å². The van der Waals surface area contributed by atoms with Crippen LogP contribution in [0.25, 0.3) is 0 Å². The van der Waals surface area contributed by atoms with Crippen LogP contribution in [0.4, 0.5) is 11.5 Å². The molecule has 118 valence electrons. The first-order chi connectivity index (χ1) is 11.2. The van der Waals surface area contributed by atoms with Gasteiger partial charge in [0, 0.05) is 11.9 Å². The van der Waals surface area contributed by atoms with Gasteiger partial charge in [0.05, 0.1) is 0 Å². The lowest BCUT2D eigenvalue weighted by Crippen LogP contribution is -2.43. The van der Waals surface area contributed by atoms with Crippen LogP contribution < -0.4 is 15.0 Å². The molecule has 0 bridgehead atoms. The molecule has 0 fully saturated rings. The first-order valence-electron chi connectivity index (χ1n) is 7.44. The zero-order chi connectivity index (χ0) is 16.2. The summed E-state index contributed by atoms with van der Waals surface area (Å²) < 4.78 is 5.31. The Morgan fingerprint density at radius 3 is 2.83 bits per heavy atom. The van der Waals surface area contributed by atoms with Crippen LogP contribution in [0.1, 0.15) is 12.5 Å². The predicted octanol–water partition coefficient (Wildman–Crippen LogP) is 2.01. The molecule has 6 heteroatoms. The zero-order valence-corrected chi connectivity index (χ0v) is 12.8. The quantitative estimate of drug-likeness (QED) is 0.937. The number of carbonyl (C=O) groups is 2. The lowest BCUT2D eigenvalue weighted by atomic mass is 10.1. The van der Waals surface area contributed by atoms with E-state index in [0.717, 1.165) is 6.42 Å². The van der Waals surface area contributed by atoms with E-state index in [1.807, 2.05) is 24.3 Å². The minimum atomic E-state index is -0.285. The van der Waals surface area contributed by atoms with Crippen LogP contribution in [0.2, 0.25) is 0 Å². The summed E-state index contributed by atoms with van der Waals surface area (Å²) in [4.78, 5) is 29.7. The third-order valence-corrected chi connectivity index (χ3v) is 3.61. The molecular formula is C17H17N3O3. The minimum absolute atomic E-state index is 0.0861. The number of aromatic nitrogens is 1.